The SMILES string of the molecule is CN=C(NCc1ccccc1CN1CCCC(C)C1)N1CCC(C(=O)OC)CC1.I. The molecule has 0 amide bonds. The Bertz CT molecular complexity index is 704. The van der Waals surface area contributed by atoms with Crippen LogP contribution in [0.2, 0.25) is 0 Å². The van der Waals surface area contributed by atoms with E-state index in [9.17, 15) is 4.79 Å². The van der Waals surface area contributed by atoms with Crippen LogP contribution >= 0.6 is 24.0 Å². The van der Waals surface area contributed by atoms with Crippen LogP contribution in [0.3, 0.4) is 0 Å². The second-order valence-corrected chi connectivity index (χ2v) is 8.44. The van der Waals surface area contributed by atoms with Crippen molar-refractivity contribution < 1.29 is 9.53 Å². The van der Waals surface area contributed by atoms with Gasteiger partial charge in [0, 0.05) is 39.8 Å². The highest BCUT2D eigenvalue weighted by atomic mass is 127. The number of carbonyl (C=O) groups excluding carboxylic acids is 1. The number of aliphatic imine (C=N–C) groups is 1. The summed E-state index contributed by atoms with van der Waals surface area (Å²) in [6.07, 6.45) is 4.28. The Hall–Kier alpha value is -1.35. The van der Waals surface area contributed by atoms with Gasteiger partial charge in [-0.3, -0.25) is 14.7 Å². The molecule has 2 heterocycles. The number of hydrogen-bond donors (Lipinski definition) is 1. The van der Waals surface area contributed by atoms with Gasteiger partial charge in [-0.05, 0) is 49.3 Å². The minimum absolute atomic E-state index is 0. The van der Waals surface area contributed by atoms with E-state index in [-0.39, 0.29) is 35.9 Å². The first-order valence-corrected chi connectivity index (χ1v) is 10.9. The summed E-state index contributed by atoms with van der Waals surface area (Å²) < 4.78 is 4.89. The van der Waals surface area contributed by atoms with E-state index in [4.69, 9.17) is 4.74 Å². The Morgan fingerprint density at radius 3 is 2.50 bits per heavy atom. The van der Waals surface area contributed by atoms with E-state index in [2.05, 4.69) is 51.3 Å². The lowest BCUT2D eigenvalue weighted by atomic mass is 9.97. The normalized spacial score (nSPS) is 21.1. The Morgan fingerprint density at radius 2 is 1.87 bits per heavy atom. The van der Waals surface area contributed by atoms with Crippen LogP contribution in [0, 0.1) is 11.8 Å². The maximum absolute atomic E-state index is 11.8. The number of likely N-dealkylation sites (tertiary alicyclic amines) is 2. The summed E-state index contributed by atoms with van der Waals surface area (Å²) in [6, 6.07) is 8.72. The fraction of sp³-hybridized carbons (Fsp3) is 0.652. The number of hydrogen-bond acceptors (Lipinski definition) is 4. The number of rotatable bonds is 5. The summed E-state index contributed by atoms with van der Waals surface area (Å²) in [5.74, 6) is 1.63. The van der Waals surface area contributed by atoms with Gasteiger partial charge in [0.25, 0.3) is 0 Å². The molecule has 3 rings (SSSR count). The van der Waals surface area contributed by atoms with E-state index in [0.717, 1.165) is 50.9 Å². The minimum Gasteiger partial charge on any atom is -0.469 e. The highest BCUT2D eigenvalue weighted by Crippen LogP contribution is 2.21. The molecule has 0 aliphatic carbocycles. The summed E-state index contributed by atoms with van der Waals surface area (Å²) in [6.45, 7) is 8.18. The number of guanidine groups is 1. The van der Waals surface area contributed by atoms with Crippen LogP contribution in [0.4, 0.5) is 0 Å². The van der Waals surface area contributed by atoms with E-state index in [1.54, 1.807) is 0 Å². The number of ether oxygens (including phenoxy) is 1. The fourth-order valence-electron chi connectivity index (χ4n) is 4.56. The Kier molecular flexibility index (Phi) is 10.4. The second kappa shape index (κ2) is 12.5. The first-order chi connectivity index (χ1) is 14.1. The van der Waals surface area contributed by atoms with Crippen molar-refractivity contribution in [2.75, 3.05) is 40.3 Å². The molecule has 0 saturated carbocycles. The molecule has 2 aliphatic heterocycles. The molecule has 1 N–H and O–H groups in total. The van der Waals surface area contributed by atoms with Crippen molar-refractivity contribution in [3.63, 3.8) is 0 Å². The van der Waals surface area contributed by atoms with Crippen LogP contribution in [0.5, 0.6) is 0 Å². The summed E-state index contributed by atoms with van der Waals surface area (Å²) in [5, 5.41) is 3.54. The first kappa shape index (κ1) is 24.9. The lowest BCUT2D eigenvalue weighted by molar-refractivity contribution is -0.146. The number of nitrogens with zero attached hydrogens (tertiary/aromatic N) is 3. The van der Waals surface area contributed by atoms with Gasteiger partial charge in [-0.1, -0.05) is 31.2 Å². The molecule has 6 nitrogen and oxygen atoms in total. The van der Waals surface area contributed by atoms with E-state index in [1.807, 2.05) is 7.05 Å². The number of halogens is 1. The quantitative estimate of drug-likeness (QED) is 0.275. The number of carbonyl (C=O) groups is 1. The van der Waals surface area contributed by atoms with E-state index in [1.165, 1.54) is 44.2 Å². The third-order valence-electron chi connectivity index (χ3n) is 6.23. The Balaban J connectivity index is 0.00000320. The predicted octanol–water partition coefficient (Wildman–Crippen LogP) is 3.50. The Morgan fingerprint density at radius 1 is 1.17 bits per heavy atom. The van der Waals surface area contributed by atoms with Crippen LogP contribution in [-0.2, 0) is 22.6 Å². The van der Waals surface area contributed by atoms with Crippen molar-refractivity contribution in [1.29, 1.82) is 0 Å². The molecule has 2 saturated heterocycles. The maximum Gasteiger partial charge on any atom is 0.308 e. The molecular formula is C23H37IN4O2. The molecule has 1 aromatic rings. The van der Waals surface area contributed by atoms with Gasteiger partial charge in [0.15, 0.2) is 5.96 Å². The third-order valence-corrected chi connectivity index (χ3v) is 6.23. The lowest BCUT2D eigenvalue weighted by Gasteiger charge is -2.33. The maximum atomic E-state index is 11.8. The monoisotopic (exact) mass is 528 g/mol. The van der Waals surface area contributed by atoms with Crippen LogP contribution in [-0.4, -0.2) is 62.1 Å². The van der Waals surface area contributed by atoms with Gasteiger partial charge in [-0.25, -0.2) is 0 Å². The van der Waals surface area contributed by atoms with Crippen molar-refractivity contribution in [3.8, 4) is 0 Å². The average Bonchev–Trinajstić information content (AvgIpc) is 2.75. The molecule has 0 spiro atoms. The van der Waals surface area contributed by atoms with Crippen LogP contribution < -0.4 is 5.32 Å². The van der Waals surface area contributed by atoms with Gasteiger partial charge in [-0.2, -0.15) is 0 Å². The van der Waals surface area contributed by atoms with Crippen LogP contribution in [0.15, 0.2) is 29.3 Å². The lowest BCUT2D eigenvalue weighted by Crippen LogP contribution is -2.46. The molecule has 2 aliphatic rings. The van der Waals surface area contributed by atoms with Gasteiger partial charge < -0.3 is 15.0 Å². The zero-order valence-electron chi connectivity index (χ0n) is 18.6. The summed E-state index contributed by atoms with van der Waals surface area (Å²) in [7, 11) is 3.30. The standard InChI is InChI=1S/C23H36N4O2.HI/c1-18-7-6-12-26(16-18)17-21-9-5-4-8-20(21)15-25-23(24-2)27-13-10-19(11-14-27)22(28)29-3;/h4-5,8-9,18-19H,6-7,10-17H2,1-3H3,(H,24,25);1H. The summed E-state index contributed by atoms with van der Waals surface area (Å²) in [4.78, 5) is 21.1. The molecule has 1 aromatic carbocycles. The molecule has 1 unspecified atom stereocenters. The van der Waals surface area contributed by atoms with Gasteiger partial charge in [0.1, 0.15) is 0 Å². The molecular weight excluding hydrogens is 491 g/mol. The molecule has 0 radical (unpaired) electrons. The topological polar surface area (TPSA) is 57.2 Å². The Labute approximate surface area is 198 Å². The van der Waals surface area contributed by atoms with Gasteiger partial charge >= 0.3 is 5.97 Å². The molecule has 30 heavy (non-hydrogen) atoms. The first-order valence-electron chi connectivity index (χ1n) is 10.9. The number of nitrogens with one attached hydrogen (secondary N) is 1. The van der Waals surface area contributed by atoms with Crippen LogP contribution in [0.25, 0.3) is 0 Å². The summed E-state index contributed by atoms with van der Waals surface area (Å²) in [5.41, 5.74) is 2.73. The number of piperidine rings is 2. The van der Waals surface area contributed by atoms with Gasteiger partial charge in [0.05, 0.1) is 13.0 Å². The molecule has 0 aromatic heterocycles. The smallest absolute Gasteiger partial charge is 0.308 e. The molecule has 168 valence electrons. The van der Waals surface area contributed by atoms with E-state index < -0.39 is 0 Å². The predicted molar refractivity (Wildman–Crippen MR) is 132 cm³/mol. The zero-order chi connectivity index (χ0) is 20.6. The van der Waals surface area contributed by atoms with E-state index in [0.29, 0.717) is 0 Å². The van der Waals surface area contributed by atoms with Gasteiger partial charge in [0.2, 0.25) is 0 Å². The molecule has 7 heteroatoms. The van der Waals surface area contributed by atoms with Crippen LogP contribution in [0.1, 0.15) is 43.7 Å². The zero-order valence-corrected chi connectivity index (χ0v) is 20.9. The highest BCUT2D eigenvalue weighted by molar-refractivity contribution is 14.0. The number of methoxy groups -OCH3 is 1. The second-order valence-electron chi connectivity index (χ2n) is 8.44. The third kappa shape index (κ3) is 6.83. The van der Waals surface area contributed by atoms with Crippen molar-refractivity contribution in [1.82, 2.24) is 15.1 Å². The highest BCUT2D eigenvalue weighted by Gasteiger charge is 2.27. The van der Waals surface area contributed by atoms with Crippen molar-refractivity contribution in [2.24, 2.45) is 16.8 Å². The van der Waals surface area contributed by atoms with Crippen molar-refractivity contribution in [2.45, 2.75) is 45.7 Å². The largest absolute Gasteiger partial charge is 0.469 e. The minimum atomic E-state index is -0.0893. The summed E-state index contributed by atoms with van der Waals surface area (Å²) >= 11 is 0. The molecule has 0 bridgehead atoms. The van der Waals surface area contributed by atoms with Gasteiger partial charge in [-0.15, -0.1) is 24.0 Å². The van der Waals surface area contributed by atoms with E-state index >= 15 is 0 Å². The molecule has 2 fully saturated rings. The number of benzene rings is 1. The number of esters is 1. The fourth-order valence-corrected chi connectivity index (χ4v) is 4.56. The van der Waals surface area contributed by atoms with Crippen molar-refractivity contribution >= 4 is 35.9 Å². The van der Waals surface area contributed by atoms with Crippen molar-refractivity contribution in [3.05, 3.63) is 35.4 Å². The average molecular weight is 528 g/mol. The molecule has 1 atom stereocenters.